The molecule has 0 spiro atoms. The smallest absolute Gasteiger partial charge is 0.0445 e. The van der Waals surface area contributed by atoms with Gasteiger partial charge in [0.25, 0.3) is 0 Å². The first-order valence-electron chi connectivity index (χ1n) is 5.10. The summed E-state index contributed by atoms with van der Waals surface area (Å²) in [6.45, 7) is 2.34. The molecule has 0 aliphatic rings. The summed E-state index contributed by atoms with van der Waals surface area (Å²) < 4.78 is 0. The summed E-state index contributed by atoms with van der Waals surface area (Å²) in [6, 6.07) is 8.93. The normalized spacial score (nSPS) is 12.8. The second kappa shape index (κ2) is 5.78. The molecule has 1 atom stereocenters. The summed E-state index contributed by atoms with van der Waals surface area (Å²) in [5, 5.41) is 12.1. The Morgan fingerprint density at radius 3 is 2.43 bits per heavy atom. The lowest BCUT2D eigenvalue weighted by Crippen LogP contribution is -2.28. The molecule has 14 heavy (non-hydrogen) atoms. The molecule has 2 heteroatoms. The van der Waals surface area contributed by atoms with Gasteiger partial charge in [0.1, 0.15) is 0 Å². The van der Waals surface area contributed by atoms with Crippen molar-refractivity contribution >= 4 is 0 Å². The molecule has 1 rings (SSSR count). The van der Waals surface area contributed by atoms with Gasteiger partial charge in [-0.25, -0.2) is 0 Å². The van der Waals surface area contributed by atoms with Crippen LogP contribution in [0, 0.1) is 6.92 Å². The van der Waals surface area contributed by atoms with Crippen LogP contribution in [0.3, 0.4) is 0 Å². The molecule has 0 fully saturated rings. The lowest BCUT2D eigenvalue weighted by Gasteiger charge is -2.14. The summed E-state index contributed by atoms with van der Waals surface area (Å²) in [4.78, 5) is 0. The highest BCUT2D eigenvalue weighted by Crippen LogP contribution is 2.07. The molecule has 1 aromatic carbocycles. The lowest BCUT2D eigenvalue weighted by atomic mass is 10.0. The van der Waals surface area contributed by atoms with Gasteiger partial charge in [0.2, 0.25) is 0 Å². The molecule has 0 aromatic heterocycles. The fourth-order valence-electron chi connectivity index (χ4n) is 1.51. The van der Waals surface area contributed by atoms with Crippen molar-refractivity contribution in [3.63, 3.8) is 0 Å². The van der Waals surface area contributed by atoms with Crippen LogP contribution in [0.4, 0.5) is 0 Å². The van der Waals surface area contributed by atoms with Crippen molar-refractivity contribution in [2.75, 3.05) is 13.7 Å². The number of aliphatic hydroxyl groups excluding tert-OH is 1. The van der Waals surface area contributed by atoms with Gasteiger partial charge >= 0.3 is 0 Å². The second-order valence-electron chi connectivity index (χ2n) is 3.69. The van der Waals surface area contributed by atoms with Crippen molar-refractivity contribution in [2.45, 2.75) is 25.8 Å². The fourth-order valence-corrected chi connectivity index (χ4v) is 1.51. The zero-order chi connectivity index (χ0) is 10.4. The number of benzene rings is 1. The van der Waals surface area contributed by atoms with Gasteiger partial charge in [-0.3, -0.25) is 0 Å². The number of hydrogen-bond acceptors (Lipinski definition) is 2. The van der Waals surface area contributed by atoms with E-state index >= 15 is 0 Å². The van der Waals surface area contributed by atoms with Gasteiger partial charge in [0, 0.05) is 12.6 Å². The molecule has 0 aliphatic carbocycles. The summed E-state index contributed by atoms with van der Waals surface area (Å²) in [7, 11) is 1.94. The molecule has 0 unspecified atom stereocenters. The van der Waals surface area contributed by atoms with Crippen LogP contribution in [-0.2, 0) is 6.42 Å². The average molecular weight is 193 g/mol. The van der Waals surface area contributed by atoms with Crippen molar-refractivity contribution in [2.24, 2.45) is 0 Å². The SMILES string of the molecule is CN[C@H](CCO)Cc1ccc(C)cc1. The number of rotatable bonds is 5. The summed E-state index contributed by atoms with van der Waals surface area (Å²) in [5.41, 5.74) is 2.61. The Morgan fingerprint density at radius 2 is 1.93 bits per heavy atom. The van der Waals surface area contributed by atoms with Crippen molar-refractivity contribution in [1.82, 2.24) is 5.32 Å². The highest BCUT2D eigenvalue weighted by Gasteiger charge is 2.05. The maximum absolute atomic E-state index is 8.85. The monoisotopic (exact) mass is 193 g/mol. The molecule has 1 aromatic rings. The summed E-state index contributed by atoms with van der Waals surface area (Å²) in [6.07, 6.45) is 1.79. The first-order chi connectivity index (χ1) is 6.76. The van der Waals surface area contributed by atoms with Crippen molar-refractivity contribution in [3.8, 4) is 0 Å². The number of likely N-dealkylation sites (N-methyl/N-ethyl adjacent to an activating group) is 1. The van der Waals surface area contributed by atoms with E-state index in [-0.39, 0.29) is 6.61 Å². The third-order valence-corrected chi connectivity index (χ3v) is 2.49. The first-order valence-corrected chi connectivity index (χ1v) is 5.10. The molecule has 0 bridgehead atoms. The van der Waals surface area contributed by atoms with E-state index in [1.807, 2.05) is 7.05 Å². The van der Waals surface area contributed by atoms with Crippen LogP contribution in [0.5, 0.6) is 0 Å². The van der Waals surface area contributed by atoms with Gasteiger partial charge in [-0.05, 0) is 32.4 Å². The third-order valence-electron chi connectivity index (χ3n) is 2.49. The molecule has 0 saturated heterocycles. The van der Waals surface area contributed by atoms with E-state index in [0.29, 0.717) is 6.04 Å². The molecule has 2 N–H and O–H groups in total. The standard InChI is InChI=1S/C12H19NO/c1-10-3-5-11(6-4-10)9-12(13-2)7-8-14/h3-6,12-14H,7-9H2,1-2H3/t12-/m1/s1. The first kappa shape index (κ1) is 11.2. The van der Waals surface area contributed by atoms with Gasteiger partial charge in [0.05, 0.1) is 0 Å². The molecular weight excluding hydrogens is 174 g/mol. The molecule has 0 radical (unpaired) electrons. The molecule has 0 amide bonds. The quantitative estimate of drug-likeness (QED) is 0.743. The lowest BCUT2D eigenvalue weighted by molar-refractivity contribution is 0.267. The Hall–Kier alpha value is -0.860. The van der Waals surface area contributed by atoms with E-state index in [1.54, 1.807) is 0 Å². The Morgan fingerprint density at radius 1 is 1.29 bits per heavy atom. The van der Waals surface area contributed by atoms with Gasteiger partial charge in [-0.1, -0.05) is 29.8 Å². The van der Waals surface area contributed by atoms with Crippen LogP contribution in [0.15, 0.2) is 24.3 Å². The second-order valence-corrected chi connectivity index (χ2v) is 3.69. The topological polar surface area (TPSA) is 32.3 Å². The van der Waals surface area contributed by atoms with Crippen LogP contribution in [0.25, 0.3) is 0 Å². The van der Waals surface area contributed by atoms with E-state index in [1.165, 1.54) is 11.1 Å². The minimum atomic E-state index is 0.247. The molecule has 0 aliphatic heterocycles. The summed E-state index contributed by atoms with van der Waals surface area (Å²) >= 11 is 0. The highest BCUT2D eigenvalue weighted by atomic mass is 16.3. The van der Waals surface area contributed by atoms with Crippen molar-refractivity contribution in [3.05, 3.63) is 35.4 Å². The number of aryl methyl sites for hydroxylation is 1. The van der Waals surface area contributed by atoms with Crippen molar-refractivity contribution < 1.29 is 5.11 Å². The number of nitrogens with one attached hydrogen (secondary N) is 1. The fraction of sp³-hybridized carbons (Fsp3) is 0.500. The molecule has 2 nitrogen and oxygen atoms in total. The van der Waals surface area contributed by atoms with E-state index in [4.69, 9.17) is 5.11 Å². The van der Waals surface area contributed by atoms with Gasteiger partial charge in [0.15, 0.2) is 0 Å². The van der Waals surface area contributed by atoms with E-state index in [2.05, 4.69) is 36.5 Å². The number of aliphatic hydroxyl groups is 1. The highest BCUT2D eigenvalue weighted by molar-refractivity contribution is 5.22. The predicted octanol–water partition coefficient (Wildman–Crippen LogP) is 1.51. The largest absolute Gasteiger partial charge is 0.396 e. The predicted molar refractivity (Wildman–Crippen MR) is 59.4 cm³/mol. The van der Waals surface area contributed by atoms with E-state index in [9.17, 15) is 0 Å². The maximum atomic E-state index is 8.85. The van der Waals surface area contributed by atoms with Crippen LogP contribution in [0.1, 0.15) is 17.5 Å². The van der Waals surface area contributed by atoms with E-state index < -0.39 is 0 Å². The minimum absolute atomic E-state index is 0.247. The van der Waals surface area contributed by atoms with Gasteiger partial charge in [-0.2, -0.15) is 0 Å². The molecule has 78 valence electrons. The van der Waals surface area contributed by atoms with Crippen molar-refractivity contribution in [1.29, 1.82) is 0 Å². The van der Waals surface area contributed by atoms with Crippen LogP contribution in [0.2, 0.25) is 0 Å². The molecular formula is C12H19NO. The third kappa shape index (κ3) is 3.48. The van der Waals surface area contributed by atoms with E-state index in [0.717, 1.165) is 12.8 Å². The maximum Gasteiger partial charge on any atom is 0.0445 e. The Labute approximate surface area is 86.0 Å². The Kier molecular flexibility index (Phi) is 4.63. The molecule has 0 saturated carbocycles. The Bertz CT molecular complexity index is 256. The number of hydrogen-bond donors (Lipinski definition) is 2. The van der Waals surface area contributed by atoms with Gasteiger partial charge in [-0.15, -0.1) is 0 Å². The summed E-state index contributed by atoms with van der Waals surface area (Å²) in [5.74, 6) is 0. The van der Waals surface area contributed by atoms with Gasteiger partial charge < -0.3 is 10.4 Å². The van der Waals surface area contributed by atoms with Crippen LogP contribution < -0.4 is 5.32 Å². The Balaban J connectivity index is 2.53. The molecule has 0 heterocycles. The van der Waals surface area contributed by atoms with Crippen LogP contribution >= 0.6 is 0 Å². The average Bonchev–Trinajstić information content (AvgIpc) is 2.20. The zero-order valence-corrected chi connectivity index (χ0v) is 8.96. The van der Waals surface area contributed by atoms with Crippen LogP contribution in [-0.4, -0.2) is 24.8 Å². The minimum Gasteiger partial charge on any atom is -0.396 e. The zero-order valence-electron chi connectivity index (χ0n) is 8.96.